The lowest BCUT2D eigenvalue weighted by atomic mass is 10.2. The molecule has 0 saturated carbocycles. The zero-order chi connectivity index (χ0) is 17.1. The summed E-state index contributed by atoms with van der Waals surface area (Å²) in [6, 6.07) is 11.8. The van der Waals surface area contributed by atoms with Gasteiger partial charge in [0.05, 0.1) is 16.3 Å². The Hall–Kier alpha value is -2.20. The van der Waals surface area contributed by atoms with E-state index in [1.54, 1.807) is 30.3 Å². The van der Waals surface area contributed by atoms with Crippen LogP contribution in [0, 0.1) is 11.3 Å². The molecule has 0 aliphatic rings. The predicted molar refractivity (Wildman–Crippen MR) is 94.5 cm³/mol. The van der Waals surface area contributed by atoms with E-state index < -0.39 is 0 Å². The molecule has 2 aromatic carbocycles. The molecule has 0 bridgehead atoms. The second kappa shape index (κ2) is 7.14. The van der Waals surface area contributed by atoms with Crippen molar-refractivity contribution in [1.29, 1.82) is 5.26 Å². The van der Waals surface area contributed by atoms with Gasteiger partial charge >= 0.3 is 0 Å². The lowest BCUT2D eigenvalue weighted by molar-refractivity contribution is -0.113. The Balaban J connectivity index is 1.62. The number of amides is 1. The first-order valence-electron chi connectivity index (χ1n) is 6.73. The van der Waals surface area contributed by atoms with E-state index in [4.69, 9.17) is 32.9 Å². The number of nitrogens with one attached hydrogen (secondary N) is 1. The van der Waals surface area contributed by atoms with E-state index in [1.807, 2.05) is 6.07 Å². The number of hydrogen-bond acceptors (Lipinski definition) is 5. The number of carbonyl (C=O) groups is 1. The van der Waals surface area contributed by atoms with Gasteiger partial charge in [-0.1, -0.05) is 35.0 Å². The Morgan fingerprint density at radius 2 is 2.12 bits per heavy atom. The number of thioether (sulfide) groups is 1. The Morgan fingerprint density at radius 3 is 2.88 bits per heavy atom. The maximum atomic E-state index is 12.0. The largest absolute Gasteiger partial charge is 0.431 e. The highest BCUT2D eigenvalue weighted by Crippen LogP contribution is 2.26. The lowest BCUT2D eigenvalue weighted by Gasteiger charge is -2.05. The Morgan fingerprint density at radius 1 is 1.29 bits per heavy atom. The van der Waals surface area contributed by atoms with E-state index in [0.717, 1.165) is 0 Å². The molecule has 1 aromatic heterocycles. The highest BCUT2D eigenvalue weighted by molar-refractivity contribution is 7.99. The molecule has 3 aromatic rings. The van der Waals surface area contributed by atoms with Gasteiger partial charge < -0.3 is 9.73 Å². The number of aromatic nitrogens is 1. The topological polar surface area (TPSA) is 78.9 Å². The molecule has 0 unspecified atom stereocenters. The highest BCUT2D eigenvalue weighted by Gasteiger charge is 2.10. The lowest BCUT2D eigenvalue weighted by Crippen LogP contribution is -2.14. The van der Waals surface area contributed by atoms with E-state index in [2.05, 4.69) is 10.3 Å². The van der Waals surface area contributed by atoms with E-state index in [9.17, 15) is 4.79 Å². The van der Waals surface area contributed by atoms with Crippen molar-refractivity contribution >= 4 is 57.7 Å². The van der Waals surface area contributed by atoms with Crippen molar-refractivity contribution in [2.24, 2.45) is 0 Å². The molecule has 3 rings (SSSR count). The van der Waals surface area contributed by atoms with Crippen LogP contribution in [0.4, 0.5) is 5.69 Å². The molecule has 0 aliphatic heterocycles. The van der Waals surface area contributed by atoms with Gasteiger partial charge in [-0.15, -0.1) is 0 Å². The van der Waals surface area contributed by atoms with Crippen molar-refractivity contribution in [3.05, 3.63) is 52.0 Å². The average molecular weight is 378 g/mol. The van der Waals surface area contributed by atoms with Crippen LogP contribution in [0.2, 0.25) is 10.0 Å². The van der Waals surface area contributed by atoms with Crippen LogP contribution in [0.1, 0.15) is 5.56 Å². The summed E-state index contributed by atoms with van der Waals surface area (Å²) in [5, 5.41) is 12.8. The summed E-state index contributed by atoms with van der Waals surface area (Å²) in [4.78, 5) is 16.3. The smallest absolute Gasteiger partial charge is 0.257 e. The Labute approximate surface area is 151 Å². The molecular weight excluding hydrogens is 369 g/mol. The first-order chi connectivity index (χ1) is 11.5. The van der Waals surface area contributed by atoms with Gasteiger partial charge in [-0.05, 0) is 30.3 Å². The second-order valence-electron chi connectivity index (χ2n) is 4.74. The maximum Gasteiger partial charge on any atom is 0.257 e. The molecule has 0 spiro atoms. The SMILES string of the molecule is N#Cc1ccc(NC(=O)CSc2nc3ccc(Cl)cc3o2)cc1Cl. The van der Waals surface area contributed by atoms with Crippen LogP contribution in [0.15, 0.2) is 46.0 Å². The second-order valence-corrected chi connectivity index (χ2v) is 6.51. The minimum Gasteiger partial charge on any atom is -0.431 e. The summed E-state index contributed by atoms with van der Waals surface area (Å²) in [6.07, 6.45) is 0. The first kappa shape index (κ1) is 16.7. The van der Waals surface area contributed by atoms with Crippen LogP contribution in [-0.2, 0) is 4.79 Å². The minimum atomic E-state index is -0.235. The number of oxazole rings is 1. The number of benzene rings is 2. The number of nitrogens with zero attached hydrogens (tertiary/aromatic N) is 2. The zero-order valence-electron chi connectivity index (χ0n) is 12.0. The minimum absolute atomic E-state index is 0.123. The molecule has 5 nitrogen and oxygen atoms in total. The summed E-state index contributed by atoms with van der Waals surface area (Å²) in [6.45, 7) is 0. The van der Waals surface area contributed by atoms with Crippen LogP contribution in [0.25, 0.3) is 11.1 Å². The van der Waals surface area contributed by atoms with Gasteiger partial charge in [0.2, 0.25) is 5.91 Å². The number of carbonyl (C=O) groups excluding carboxylic acids is 1. The standard InChI is InChI=1S/C16H9Cl2N3O2S/c17-10-2-4-13-14(5-10)23-16(21-13)24-8-15(22)20-11-3-1-9(7-19)12(18)6-11/h1-6H,8H2,(H,20,22). The van der Waals surface area contributed by atoms with Crippen molar-refractivity contribution in [3.63, 3.8) is 0 Å². The fourth-order valence-electron chi connectivity index (χ4n) is 1.95. The molecule has 8 heteroatoms. The predicted octanol–water partition coefficient (Wildman–Crippen LogP) is 4.74. The fraction of sp³-hybridized carbons (Fsp3) is 0.0625. The summed E-state index contributed by atoms with van der Waals surface area (Å²) in [5.74, 6) is -0.112. The van der Waals surface area contributed by atoms with Gasteiger partial charge in [0.1, 0.15) is 11.6 Å². The number of hydrogen-bond donors (Lipinski definition) is 1. The highest BCUT2D eigenvalue weighted by atomic mass is 35.5. The molecule has 0 aliphatic carbocycles. The number of fused-ring (bicyclic) bond motifs is 1. The average Bonchev–Trinajstić information content (AvgIpc) is 2.95. The first-order valence-corrected chi connectivity index (χ1v) is 8.48. The quantitative estimate of drug-likeness (QED) is 0.664. The molecular formula is C16H9Cl2N3O2S. The van der Waals surface area contributed by atoms with Crippen LogP contribution < -0.4 is 5.32 Å². The normalized spacial score (nSPS) is 10.5. The molecule has 0 atom stereocenters. The number of rotatable bonds is 4. The third-order valence-corrected chi connectivity index (χ3v) is 4.41. The summed E-state index contributed by atoms with van der Waals surface area (Å²) in [7, 11) is 0. The summed E-state index contributed by atoms with van der Waals surface area (Å²) in [5.41, 5.74) is 2.13. The van der Waals surface area contributed by atoms with Crippen LogP contribution in [0.3, 0.4) is 0 Å². The summed E-state index contributed by atoms with van der Waals surface area (Å²) >= 11 is 13.0. The molecule has 120 valence electrons. The van der Waals surface area contributed by atoms with Gasteiger partial charge in [-0.2, -0.15) is 5.26 Å². The van der Waals surface area contributed by atoms with E-state index in [-0.39, 0.29) is 11.7 Å². The van der Waals surface area contributed by atoms with Gasteiger partial charge in [0, 0.05) is 16.8 Å². The van der Waals surface area contributed by atoms with Crippen LogP contribution >= 0.6 is 35.0 Å². The molecule has 0 fully saturated rings. The van der Waals surface area contributed by atoms with Crippen LogP contribution in [-0.4, -0.2) is 16.6 Å². The number of anilines is 1. The van der Waals surface area contributed by atoms with Crippen LogP contribution in [0.5, 0.6) is 0 Å². The van der Waals surface area contributed by atoms with E-state index in [1.165, 1.54) is 17.8 Å². The zero-order valence-corrected chi connectivity index (χ0v) is 14.4. The number of nitriles is 1. The molecule has 24 heavy (non-hydrogen) atoms. The van der Waals surface area contributed by atoms with Gasteiger partial charge in [0.15, 0.2) is 5.58 Å². The molecule has 1 N–H and O–H groups in total. The monoisotopic (exact) mass is 377 g/mol. The van der Waals surface area contributed by atoms with Gasteiger partial charge in [-0.3, -0.25) is 4.79 Å². The van der Waals surface area contributed by atoms with Crippen molar-refractivity contribution in [2.45, 2.75) is 5.22 Å². The van der Waals surface area contributed by atoms with Crippen molar-refractivity contribution < 1.29 is 9.21 Å². The van der Waals surface area contributed by atoms with Crippen molar-refractivity contribution in [1.82, 2.24) is 4.98 Å². The maximum absolute atomic E-state index is 12.0. The third-order valence-electron chi connectivity index (χ3n) is 3.03. The van der Waals surface area contributed by atoms with E-state index >= 15 is 0 Å². The Bertz CT molecular complexity index is 966. The van der Waals surface area contributed by atoms with Gasteiger partial charge in [-0.25, -0.2) is 4.98 Å². The van der Waals surface area contributed by atoms with E-state index in [0.29, 0.717) is 37.6 Å². The molecule has 1 amide bonds. The molecule has 0 radical (unpaired) electrons. The number of halogens is 2. The Kier molecular flexibility index (Phi) is 4.95. The molecule has 1 heterocycles. The van der Waals surface area contributed by atoms with Crippen molar-refractivity contribution in [2.75, 3.05) is 11.1 Å². The van der Waals surface area contributed by atoms with Crippen molar-refractivity contribution in [3.8, 4) is 6.07 Å². The third kappa shape index (κ3) is 3.82. The fourth-order valence-corrected chi connectivity index (χ4v) is 2.97. The molecule has 0 saturated heterocycles. The van der Waals surface area contributed by atoms with Gasteiger partial charge in [0.25, 0.3) is 5.22 Å². The summed E-state index contributed by atoms with van der Waals surface area (Å²) < 4.78 is 5.53.